The number of ether oxygens (including phenoxy) is 2. The van der Waals surface area contributed by atoms with Crippen LogP contribution in [0.5, 0.6) is 11.5 Å². The number of hydrogen-bond acceptors (Lipinski definition) is 3. The third-order valence-electron chi connectivity index (χ3n) is 7.00. The van der Waals surface area contributed by atoms with E-state index in [0.29, 0.717) is 0 Å². The average Bonchev–Trinajstić information content (AvgIpc) is 3.07. The van der Waals surface area contributed by atoms with Gasteiger partial charge in [0.25, 0.3) is 0 Å². The maximum atomic E-state index is 5.80. The summed E-state index contributed by atoms with van der Waals surface area (Å²) in [5.41, 5.74) is 4.98. The first-order chi connectivity index (χ1) is 15.2. The minimum atomic E-state index is -0.411. The minimum Gasteiger partial charge on any atom is -0.496 e. The lowest BCUT2D eigenvalue weighted by Crippen LogP contribution is -2.42. The van der Waals surface area contributed by atoms with Crippen LogP contribution in [-0.4, -0.2) is 26.2 Å². The van der Waals surface area contributed by atoms with Gasteiger partial charge in [-0.05, 0) is 63.3 Å². The summed E-state index contributed by atoms with van der Waals surface area (Å²) in [5, 5.41) is 1.66. The first-order valence-corrected chi connectivity index (χ1v) is 12.9. The fourth-order valence-corrected chi connectivity index (χ4v) is 8.59. The van der Waals surface area contributed by atoms with Crippen molar-refractivity contribution in [2.75, 3.05) is 25.8 Å². The molecule has 1 aliphatic carbocycles. The van der Waals surface area contributed by atoms with Crippen LogP contribution in [0.4, 0.5) is 11.4 Å². The number of benzene rings is 3. The van der Waals surface area contributed by atoms with Crippen molar-refractivity contribution in [2.24, 2.45) is 0 Å². The van der Waals surface area contributed by atoms with E-state index < -0.39 is 7.92 Å². The van der Waals surface area contributed by atoms with E-state index in [0.717, 1.165) is 17.1 Å². The maximum Gasteiger partial charge on any atom is 0.130 e. The van der Waals surface area contributed by atoms with E-state index in [9.17, 15) is 0 Å². The van der Waals surface area contributed by atoms with Gasteiger partial charge >= 0.3 is 0 Å². The summed E-state index contributed by atoms with van der Waals surface area (Å²) in [6.45, 7) is 2.49. The van der Waals surface area contributed by atoms with Gasteiger partial charge in [0.15, 0.2) is 0 Å². The van der Waals surface area contributed by atoms with Crippen LogP contribution in [0.1, 0.15) is 32.1 Å². The highest BCUT2D eigenvalue weighted by atomic mass is 31.1. The van der Waals surface area contributed by atoms with Gasteiger partial charge in [-0.2, -0.15) is 0 Å². The number of hydrogen-bond donors (Lipinski definition) is 0. The molecule has 1 saturated carbocycles. The molecular weight excluding hydrogens is 401 g/mol. The van der Waals surface area contributed by atoms with E-state index >= 15 is 0 Å². The first-order valence-electron chi connectivity index (χ1n) is 11.1. The van der Waals surface area contributed by atoms with Crippen molar-refractivity contribution in [3.8, 4) is 22.6 Å². The van der Waals surface area contributed by atoms with Crippen LogP contribution in [0.3, 0.4) is 0 Å². The second-order valence-corrected chi connectivity index (χ2v) is 10.9. The summed E-state index contributed by atoms with van der Waals surface area (Å²) < 4.78 is 11.6. The molecule has 0 N–H and O–H groups in total. The Balaban J connectivity index is 1.77. The second kappa shape index (κ2) is 8.20. The highest BCUT2D eigenvalue weighted by molar-refractivity contribution is 7.68. The molecule has 1 atom stereocenters. The third kappa shape index (κ3) is 3.13. The molecule has 160 valence electrons. The van der Waals surface area contributed by atoms with Gasteiger partial charge < -0.3 is 14.4 Å². The smallest absolute Gasteiger partial charge is 0.130 e. The topological polar surface area (TPSA) is 21.7 Å². The van der Waals surface area contributed by atoms with Gasteiger partial charge in [-0.3, -0.25) is 0 Å². The number of fused-ring (bicyclic) bond motifs is 1. The molecule has 0 aromatic heterocycles. The zero-order chi connectivity index (χ0) is 21.4. The summed E-state index contributed by atoms with van der Waals surface area (Å²) >= 11 is 0. The summed E-state index contributed by atoms with van der Waals surface area (Å²) in [4.78, 5) is 2.68. The van der Waals surface area contributed by atoms with E-state index in [4.69, 9.17) is 9.47 Å². The summed E-state index contributed by atoms with van der Waals surface area (Å²) in [6.07, 6.45) is 6.45. The zero-order valence-corrected chi connectivity index (χ0v) is 19.5. The maximum absolute atomic E-state index is 5.80. The van der Waals surface area contributed by atoms with Gasteiger partial charge in [-0.1, -0.05) is 55.7 Å². The molecule has 3 aromatic rings. The first kappa shape index (κ1) is 20.4. The van der Waals surface area contributed by atoms with E-state index in [2.05, 4.69) is 60.1 Å². The van der Waals surface area contributed by atoms with Gasteiger partial charge in [-0.25, -0.2) is 0 Å². The molecule has 31 heavy (non-hydrogen) atoms. The third-order valence-corrected chi connectivity index (χ3v) is 10.0. The molecule has 1 unspecified atom stereocenters. The Bertz CT molecular complexity index is 1050. The Kier molecular flexibility index (Phi) is 5.40. The number of rotatable bonds is 4. The fourth-order valence-electron chi connectivity index (χ4n) is 5.60. The fraction of sp³-hybridized carbons (Fsp3) is 0.333. The molecule has 0 amide bonds. The van der Waals surface area contributed by atoms with Crippen molar-refractivity contribution in [3.05, 3.63) is 66.7 Å². The number of anilines is 2. The lowest BCUT2D eigenvalue weighted by atomic mass is 9.92. The van der Waals surface area contributed by atoms with E-state index in [1.165, 1.54) is 54.3 Å². The van der Waals surface area contributed by atoms with Crippen LogP contribution in [0.2, 0.25) is 0 Å². The molecule has 0 radical (unpaired) electrons. The number of methoxy groups -OCH3 is 2. The minimum absolute atomic E-state index is 0.183. The molecule has 1 spiro atoms. The highest BCUT2D eigenvalue weighted by Gasteiger charge is 2.51. The lowest BCUT2D eigenvalue weighted by molar-refractivity contribution is 0.397. The van der Waals surface area contributed by atoms with E-state index in [-0.39, 0.29) is 5.28 Å². The Morgan fingerprint density at radius 1 is 0.774 bits per heavy atom. The van der Waals surface area contributed by atoms with Crippen molar-refractivity contribution in [2.45, 2.75) is 37.4 Å². The number of para-hydroxylation sites is 1. The van der Waals surface area contributed by atoms with Crippen molar-refractivity contribution in [1.29, 1.82) is 0 Å². The average molecular weight is 432 g/mol. The van der Waals surface area contributed by atoms with E-state index in [1.54, 1.807) is 14.2 Å². The molecule has 5 rings (SSSR count). The zero-order valence-electron chi connectivity index (χ0n) is 18.6. The summed E-state index contributed by atoms with van der Waals surface area (Å²) in [7, 11) is 3.08. The SMILES string of the molecule is COc1cccc(OC)c1-c1cccc2c1P(C)C1(CCCCC1)N2c1ccccc1. The quantitative estimate of drug-likeness (QED) is 0.419. The van der Waals surface area contributed by atoms with Crippen LogP contribution >= 0.6 is 7.92 Å². The normalized spacial score (nSPS) is 19.3. The van der Waals surface area contributed by atoms with Gasteiger partial charge in [0.2, 0.25) is 0 Å². The molecule has 1 fully saturated rings. The molecule has 2 aliphatic rings. The van der Waals surface area contributed by atoms with Crippen molar-refractivity contribution < 1.29 is 9.47 Å². The van der Waals surface area contributed by atoms with Crippen LogP contribution in [0.25, 0.3) is 11.1 Å². The van der Waals surface area contributed by atoms with Gasteiger partial charge in [-0.15, -0.1) is 0 Å². The second-order valence-electron chi connectivity index (χ2n) is 8.48. The Hall–Kier alpha value is -2.51. The Morgan fingerprint density at radius 3 is 2.06 bits per heavy atom. The molecule has 0 bridgehead atoms. The molecule has 1 aliphatic heterocycles. The number of nitrogens with zero attached hydrogens (tertiary/aromatic N) is 1. The van der Waals surface area contributed by atoms with Gasteiger partial charge in [0, 0.05) is 11.0 Å². The van der Waals surface area contributed by atoms with E-state index in [1.807, 2.05) is 18.2 Å². The van der Waals surface area contributed by atoms with Crippen LogP contribution in [0.15, 0.2) is 66.7 Å². The Labute approximate surface area is 186 Å². The highest BCUT2D eigenvalue weighted by Crippen LogP contribution is 2.66. The predicted octanol–water partition coefficient (Wildman–Crippen LogP) is 6.92. The largest absolute Gasteiger partial charge is 0.496 e. The predicted molar refractivity (Wildman–Crippen MR) is 132 cm³/mol. The summed E-state index contributed by atoms with van der Waals surface area (Å²) in [5.74, 6) is 1.74. The molecule has 0 saturated heterocycles. The molecular formula is C27H30NO2P. The van der Waals surface area contributed by atoms with Gasteiger partial charge in [0.1, 0.15) is 11.5 Å². The summed E-state index contributed by atoms with van der Waals surface area (Å²) in [6, 6.07) is 23.8. The molecule has 3 aromatic carbocycles. The van der Waals surface area contributed by atoms with Crippen LogP contribution < -0.4 is 19.7 Å². The van der Waals surface area contributed by atoms with Crippen molar-refractivity contribution in [3.63, 3.8) is 0 Å². The molecule has 1 heterocycles. The Morgan fingerprint density at radius 2 is 1.42 bits per heavy atom. The lowest BCUT2D eigenvalue weighted by Gasteiger charge is -2.46. The molecule has 3 nitrogen and oxygen atoms in total. The van der Waals surface area contributed by atoms with Gasteiger partial charge in [0.05, 0.1) is 30.8 Å². The monoisotopic (exact) mass is 431 g/mol. The van der Waals surface area contributed by atoms with Crippen molar-refractivity contribution >= 4 is 24.6 Å². The van der Waals surface area contributed by atoms with Crippen molar-refractivity contribution in [1.82, 2.24) is 0 Å². The standard InChI is InChI=1S/C27H30NO2P/c1-29-23-16-11-17-24(30-2)25(23)21-14-10-15-22-26(21)31(3)27(18-8-5-9-19-27)28(22)20-12-6-4-7-13-20/h4,6-7,10-17H,5,8-9,18-19H2,1-3H3. The molecule has 4 heteroatoms. The van der Waals surface area contributed by atoms with Crippen LogP contribution in [-0.2, 0) is 0 Å². The van der Waals surface area contributed by atoms with Crippen LogP contribution in [0, 0.1) is 0 Å².